The normalized spacial score (nSPS) is 13.4. The Bertz CT molecular complexity index is 2170. The van der Waals surface area contributed by atoms with Crippen molar-refractivity contribution in [3.63, 3.8) is 0 Å². The first-order valence-corrected chi connectivity index (χ1v) is 22.5. The third kappa shape index (κ3) is 20.6. The van der Waals surface area contributed by atoms with Gasteiger partial charge in [-0.1, -0.05) is 38.0 Å². The lowest BCUT2D eigenvalue weighted by atomic mass is 10.0. The summed E-state index contributed by atoms with van der Waals surface area (Å²) in [6, 6.07) is 0.601. The first-order valence-electron chi connectivity index (χ1n) is 22.5. The van der Waals surface area contributed by atoms with Gasteiger partial charge in [0.25, 0.3) is 5.91 Å². The van der Waals surface area contributed by atoms with E-state index >= 15 is 0 Å². The summed E-state index contributed by atoms with van der Waals surface area (Å²) < 4.78 is 0. The number of para-hydroxylation sites is 1. The highest BCUT2D eigenvalue weighted by Crippen LogP contribution is 2.27. The minimum absolute atomic E-state index is 0.0140. The predicted octanol–water partition coefficient (Wildman–Crippen LogP) is -2.85. The van der Waals surface area contributed by atoms with Crippen LogP contribution in [0.1, 0.15) is 87.1 Å². The second-order valence-corrected chi connectivity index (χ2v) is 16.0. The molecule has 0 unspecified atom stereocenters. The number of aliphatic imine (C=N–C) groups is 2. The molecule has 0 spiro atoms. The van der Waals surface area contributed by atoms with Crippen LogP contribution >= 0.6 is 0 Å². The molecule has 0 saturated heterocycles. The number of nitrogens with two attached hydrogens (primary N) is 6. The van der Waals surface area contributed by atoms with Crippen LogP contribution in [0.2, 0.25) is 0 Å². The maximum absolute atomic E-state index is 14.2. The summed E-state index contributed by atoms with van der Waals surface area (Å²) >= 11 is 0. The number of nitrogens with zero attached hydrogens (tertiary/aromatic N) is 3. The molecule has 386 valence electrons. The molecule has 27 heteroatoms. The van der Waals surface area contributed by atoms with E-state index < -0.39 is 107 Å². The average molecular weight is 986 g/mol. The molecule has 0 aliphatic rings. The van der Waals surface area contributed by atoms with Crippen LogP contribution in [0.25, 0.3) is 0 Å². The van der Waals surface area contributed by atoms with E-state index in [4.69, 9.17) is 34.4 Å². The zero-order valence-corrected chi connectivity index (χ0v) is 38.9. The summed E-state index contributed by atoms with van der Waals surface area (Å²) in [5.41, 5.74) is 33.3. The smallest absolute Gasteiger partial charge is 0.326 e. The van der Waals surface area contributed by atoms with Crippen LogP contribution in [-0.2, 0) is 35.2 Å². The number of nitrogen functional groups attached to an aromatic ring is 1. The minimum Gasteiger partial charge on any atom is -0.502 e. The van der Waals surface area contributed by atoms with Crippen LogP contribution in [0, 0.1) is 10.1 Å². The van der Waals surface area contributed by atoms with Crippen LogP contribution in [0.15, 0.2) is 52.4 Å². The lowest BCUT2D eigenvalue weighted by molar-refractivity contribution is -0.385. The fourth-order valence-electron chi connectivity index (χ4n) is 6.76. The van der Waals surface area contributed by atoms with Gasteiger partial charge in [-0.05, 0) is 81.7 Å². The number of nitrogens with one attached hydrogen (secondary N) is 6. The lowest BCUT2D eigenvalue weighted by Gasteiger charge is -2.27. The molecule has 6 amide bonds. The first kappa shape index (κ1) is 58.3. The number of carbonyl (C=O) groups is 7. The van der Waals surface area contributed by atoms with E-state index in [1.54, 1.807) is 12.1 Å². The number of carboxylic acid groups (broad SMARTS) is 1. The van der Waals surface area contributed by atoms with Crippen molar-refractivity contribution in [1.29, 1.82) is 0 Å². The summed E-state index contributed by atoms with van der Waals surface area (Å²) in [4.78, 5) is 113. The number of aliphatic hydroxyl groups is 1. The van der Waals surface area contributed by atoms with Crippen molar-refractivity contribution in [1.82, 2.24) is 31.9 Å². The van der Waals surface area contributed by atoms with Gasteiger partial charge < -0.3 is 81.6 Å². The van der Waals surface area contributed by atoms with Gasteiger partial charge in [-0.25, -0.2) is 4.79 Å². The van der Waals surface area contributed by atoms with Crippen molar-refractivity contribution in [2.24, 2.45) is 38.7 Å². The van der Waals surface area contributed by atoms with Crippen LogP contribution in [-0.4, -0.2) is 136 Å². The highest BCUT2D eigenvalue weighted by Gasteiger charge is 2.33. The number of nitro benzene ring substituents is 1. The van der Waals surface area contributed by atoms with Gasteiger partial charge >= 0.3 is 11.7 Å². The topological polar surface area (TPSA) is 476 Å². The number of aromatic hydroxyl groups is 1. The van der Waals surface area contributed by atoms with Crippen LogP contribution in [0.5, 0.6) is 5.75 Å². The number of hydrogen-bond donors (Lipinski definition) is 15. The Kier molecular flexibility index (Phi) is 25.4. The minimum atomic E-state index is -1.80. The number of amides is 6. The summed E-state index contributed by atoms with van der Waals surface area (Å²) in [6.45, 7) is 1.09. The van der Waals surface area contributed by atoms with Crippen molar-refractivity contribution in [2.75, 3.05) is 32.0 Å². The second kappa shape index (κ2) is 30.5. The van der Waals surface area contributed by atoms with E-state index in [-0.39, 0.29) is 86.9 Å². The molecule has 27 nitrogen and oxygen atoms in total. The molecular formula is C43H67N15O12. The number of unbranched alkanes of at least 4 members (excludes halogenated alkanes) is 2. The number of benzene rings is 2. The predicted molar refractivity (Wildman–Crippen MR) is 257 cm³/mol. The van der Waals surface area contributed by atoms with Gasteiger partial charge in [-0.3, -0.25) is 48.9 Å². The second-order valence-electron chi connectivity index (χ2n) is 16.0. The Labute approximate surface area is 403 Å². The molecule has 6 atom stereocenters. The van der Waals surface area contributed by atoms with Crippen molar-refractivity contribution in [3.8, 4) is 5.75 Å². The summed E-state index contributed by atoms with van der Waals surface area (Å²) in [5, 5.41) is 56.2. The number of phenolic OH excluding ortho intramolecular Hbond substituents is 1. The standard InChI is InChI=1S/C43H67N15O12/c1-2-3-12-27(52-35(61)25-10-4-5-11-26(25)45)36(62)53-28(13-6-7-18-44)37(63)54-29(14-8-19-50-42(46)47)38(64)55-30(15-9-20-51-43(48)49)39(65)57-32(23-59)40(66)56-31(41(67)68)21-24-16-17-34(60)33(22-24)58(69)70/h4-5,10-11,16-17,22,27-32,59-60H,2-3,6-9,12-15,18-21,23,44-45H2,1H3,(H,52,61)(H,53,62)(H,54,63)(H,55,64)(H,56,66)(H,57,65)(H,67,68)(H4,46,47,50)(H4,48,49,51)/t27-,28-,29-,30-,31-,32-/m0/s1. The zero-order chi connectivity index (χ0) is 52.3. The Hall–Kier alpha value is -7.81. The number of carboxylic acids is 1. The Morgan fingerprint density at radius 1 is 0.657 bits per heavy atom. The molecule has 0 aromatic heterocycles. The van der Waals surface area contributed by atoms with Crippen LogP contribution < -0.4 is 66.3 Å². The third-order valence-electron chi connectivity index (χ3n) is 10.5. The molecule has 2 aromatic rings. The third-order valence-corrected chi connectivity index (χ3v) is 10.5. The molecule has 0 aliphatic heterocycles. The van der Waals surface area contributed by atoms with E-state index in [0.29, 0.717) is 25.7 Å². The SMILES string of the molecule is CCCC[C@H](NC(=O)c1ccccc1N)C(=O)N[C@@H](CCCCN)C(=O)N[C@@H](CCCN=C(N)N)C(=O)N[C@@H](CCCN=C(N)N)C(=O)N[C@@H](CO)C(=O)N[C@@H](Cc1ccc(O)c([N+](=O)[O-])c1)C(=O)O. The molecule has 0 aliphatic carbocycles. The number of aliphatic carboxylic acids is 1. The summed E-state index contributed by atoms with van der Waals surface area (Å²) in [5.74, 6) is -8.01. The highest BCUT2D eigenvalue weighted by molar-refractivity contribution is 6.02. The molecule has 2 rings (SSSR count). The van der Waals surface area contributed by atoms with Gasteiger partial charge in [-0.2, -0.15) is 0 Å². The number of hydrogen-bond acceptors (Lipinski definition) is 15. The van der Waals surface area contributed by atoms with Gasteiger partial charge in [0.15, 0.2) is 17.7 Å². The number of rotatable bonds is 32. The van der Waals surface area contributed by atoms with E-state index in [1.165, 1.54) is 18.2 Å². The molecule has 70 heavy (non-hydrogen) atoms. The fourth-order valence-corrected chi connectivity index (χ4v) is 6.76. The van der Waals surface area contributed by atoms with Gasteiger partial charge in [-0.15, -0.1) is 0 Å². The molecule has 0 saturated carbocycles. The van der Waals surface area contributed by atoms with Gasteiger partial charge in [0.1, 0.15) is 36.3 Å². The lowest BCUT2D eigenvalue weighted by Crippen LogP contribution is -2.60. The Morgan fingerprint density at radius 2 is 1.11 bits per heavy atom. The highest BCUT2D eigenvalue weighted by atomic mass is 16.6. The van der Waals surface area contributed by atoms with E-state index in [2.05, 4.69) is 41.9 Å². The van der Waals surface area contributed by atoms with Gasteiger partial charge in [0.2, 0.25) is 29.5 Å². The zero-order valence-electron chi connectivity index (χ0n) is 38.9. The Balaban J connectivity index is 2.42. The maximum Gasteiger partial charge on any atom is 0.326 e. The molecule has 0 radical (unpaired) electrons. The maximum atomic E-state index is 14.2. The molecular weight excluding hydrogens is 919 g/mol. The van der Waals surface area contributed by atoms with Gasteiger partial charge in [0, 0.05) is 31.3 Å². The molecule has 0 heterocycles. The number of guanidine groups is 2. The summed E-state index contributed by atoms with van der Waals surface area (Å²) in [6.07, 6.45) is 1.70. The molecule has 0 bridgehead atoms. The molecule has 21 N–H and O–H groups in total. The molecule has 0 fully saturated rings. The van der Waals surface area contributed by atoms with Gasteiger partial charge in [0.05, 0.1) is 17.1 Å². The van der Waals surface area contributed by atoms with Crippen molar-refractivity contribution in [2.45, 2.75) is 114 Å². The quantitative estimate of drug-likeness (QED) is 0.00876. The van der Waals surface area contributed by atoms with E-state index in [9.17, 15) is 59.0 Å². The largest absolute Gasteiger partial charge is 0.502 e. The van der Waals surface area contributed by atoms with Crippen molar-refractivity contribution in [3.05, 3.63) is 63.7 Å². The first-order chi connectivity index (χ1) is 33.2. The monoisotopic (exact) mass is 986 g/mol. The summed E-state index contributed by atoms with van der Waals surface area (Å²) in [7, 11) is 0. The number of carbonyl (C=O) groups excluding carboxylic acids is 6. The number of aliphatic hydroxyl groups excluding tert-OH is 1. The van der Waals surface area contributed by atoms with Crippen LogP contribution in [0.4, 0.5) is 11.4 Å². The van der Waals surface area contributed by atoms with E-state index in [0.717, 1.165) is 12.1 Å². The number of phenols is 1. The Morgan fingerprint density at radius 3 is 1.57 bits per heavy atom. The average Bonchev–Trinajstić information content (AvgIpc) is 3.30. The van der Waals surface area contributed by atoms with Crippen molar-refractivity contribution < 1.29 is 53.8 Å². The fraction of sp³-hybridized carbons (Fsp3) is 0.512. The van der Waals surface area contributed by atoms with E-state index in [1.807, 2.05) is 6.92 Å². The number of nitro groups is 1. The number of anilines is 1. The van der Waals surface area contributed by atoms with Crippen LogP contribution in [0.3, 0.4) is 0 Å². The molecule has 2 aromatic carbocycles. The van der Waals surface area contributed by atoms with Crippen molar-refractivity contribution >= 4 is 64.7 Å².